The average Bonchev–Trinajstić information content (AvgIpc) is 2.81. The Morgan fingerprint density at radius 1 is 1.30 bits per heavy atom. The molecule has 1 aliphatic carbocycles. The topological polar surface area (TPSA) is 100 Å². The lowest BCUT2D eigenvalue weighted by atomic mass is 9.94. The molecule has 0 spiro atoms. The highest BCUT2D eigenvalue weighted by Gasteiger charge is 2.30. The van der Waals surface area contributed by atoms with Crippen molar-refractivity contribution in [2.24, 2.45) is 0 Å². The molecule has 1 atom stereocenters. The van der Waals surface area contributed by atoms with Gasteiger partial charge in [0.25, 0.3) is 5.56 Å². The summed E-state index contributed by atoms with van der Waals surface area (Å²) >= 11 is 0. The van der Waals surface area contributed by atoms with E-state index in [1.54, 1.807) is 37.1 Å². The molecular formula is C25H29N5O3. The molecule has 0 bridgehead atoms. The fourth-order valence-corrected chi connectivity index (χ4v) is 4.05. The predicted octanol–water partition coefficient (Wildman–Crippen LogP) is 3.05. The van der Waals surface area contributed by atoms with Crippen LogP contribution in [0.3, 0.4) is 0 Å². The molecule has 0 unspecified atom stereocenters. The third-order valence-corrected chi connectivity index (χ3v) is 5.66. The van der Waals surface area contributed by atoms with Crippen LogP contribution in [0, 0.1) is 5.41 Å². The van der Waals surface area contributed by atoms with Gasteiger partial charge in [0.1, 0.15) is 5.82 Å². The van der Waals surface area contributed by atoms with Crippen LogP contribution in [0.4, 0.5) is 5.82 Å². The molecule has 0 fully saturated rings. The molecule has 3 heterocycles. The van der Waals surface area contributed by atoms with Gasteiger partial charge in [-0.15, -0.1) is 0 Å². The quantitative estimate of drug-likeness (QED) is 0.535. The molecule has 33 heavy (non-hydrogen) atoms. The first-order chi connectivity index (χ1) is 15.9. The standard InChI is InChI=1S/C25H29N5O3/c1-5-33-25(2)11-10-17-13-20(16-6-8-21(26)18(12-16)14-27-3)24(31)30(23(17)29-25)19-7-9-22(32-4)28-15-19/h6-14,26-29H,5,15H2,1-4H3/b18-14-,26-21?/t25-/m0/s1. The van der Waals surface area contributed by atoms with Crippen LogP contribution < -0.4 is 21.5 Å². The van der Waals surface area contributed by atoms with Crippen LogP contribution in [0.5, 0.6) is 0 Å². The SMILES string of the molecule is CCO[C@@]1(C)C=Cc2cc(C3=C/C(=C/NC)C(=N)C=C3)c(=O)n(C3=CC=C(OC)NC3)c2N1. The van der Waals surface area contributed by atoms with E-state index in [0.717, 1.165) is 16.8 Å². The number of aromatic nitrogens is 1. The van der Waals surface area contributed by atoms with E-state index in [4.69, 9.17) is 14.9 Å². The number of nitrogens with zero attached hydrogens (tertiary/aromatic N) is 1. The first-order valence-corrected chi connectivity index (χ1v) is 10.9. The summed E-state index contributed by atoms with van der Waals surface area (Å²) in [6.45, 7) is 4.82. The van der Waals surface area contributed by atoms with Crippen molar-refractivity contribution in [1.29, 1.82) is 5.41 Å². The van der Waals surface area contributed by atoms with E-state index < -0.39 is 5.72 Å². The van der Waals surface area contributed by atoms with Gasteiger partial charge in [-0.3, -0.25) is 9.36 Å². The highest BCUT2D eigenvalue weighted by Crippen LogP contribution is 2.33. The Labute approximate surface area is 193 Å². The minimum Gasteiger partial charge on any atom is -0.483 e. The maximum atomic E-state index is 13.9. The third kappa shape index (κ3) is 4.29. The lowest BCUT2D eigenvalue weighted by molar-refractivity contribution is 0.0352. The van der Waals surface area contributed by atoms with Crippen molar-refractivity contribution in [2.75, 3.05) is 32.6 Å². The number of hydrogen-bond donors (Lipinski definition) is 4. The fraction of sp³-hybridized carbons (Fsp3) is 0.280. The lowest BCUT2D eigenvalue weighted by Gasteiger charge is -2.34. The highest BCUT2D eigenvalue weighted by molar-refractivity contribution is 6.13. The number of allylic oxidation sites excluding steroid dienone is 7. The first-order valence-electron chi connectivity index (χ1n) is 10.9. The number of fused-ring (bicyclic) bond motifs is 1. The Morgan fingerprint density at radius 3 is 2.79 bits per heavy atom. The molecule has 4 N–H and O–H groups in total. The Balaban J connectivity index is 1.92. The van der Waals surface area contributed by atoms with Crippen molar-refractivity contribution in [3.63, 3.8) is 0 Å². The Bertz CT molecular complexity index is 1230. The minimum atomic E-state index is -0.727. The van der Waals surface area contributed by atoms with Crippen molar-refractivity contribution >= 4 is 28.9 Å². The molecule has 3 aliphatic rings. The van der Waals surface area contributed by atoms with Crippen LogP contribution in [-0.4, -0.2) is 43.3 Å². The fourth-order valence-electron chi connectivity index (χ4n) is 4.05. The molecular weight excluding hydrogens is 418 g/mol. The van der Waals surface area contributed by atoms with E-state index in [-0.39, 0.29) is 5.56 Å². The summed E-state index contributed by atoms with van der Waals surface area (Å²) < 4.78 is 12.9. The summed E-state index contributed by atoms with van der Waals surface area (Å²) in [5.74, 6) is 1.31. The van der Waals surface area contributed by atoms with E-state index in [1.807, 2.05) is 50.3 Å². The summed E-state index contributed by atoms with van der Waals surface area (Å²) in [6, 6.07) is 1.89. The Kier molecular flexibility index (Phi) is 6.11. The Hall–Kier alpha value is -3.78. The normalized spacial score (nSPS) is 22.6. The van der Waals surface area contributed by atoms with Gasteiger partial charge in [-0.05, 0) is 55.9 Å². The molecule has 0 amide bonds. The van der Waals surface area contributed by atoms with Gasteiger partial charge in [-0.2, -0.15) is 0 Å². The van der Waals surface area contributed by atoms with Crippen LogP contribution in [0.25, 0.3) is 17.3 Å². The number of dihydropyridines is 1. The van der Waals surface area contributed by atoms with Gasteiger partial charge in [-0.1, -0.05) is 12.2 Å². The summed E-state index contributed by atoms with van der Waals surface area (Å²) in [4.78, 5) is 13.9. The molecule has 4 rings (SSSR count). The zero-order valence-corrected chi connectivity index (χ0v) is 19.3. The molecule has 0 saturated carbocycles. The van der Waals surface area contributed by atoms with Crippen LogP contribution in [0.1, 0.15) is 25.0 Å². The van der Waals surface area contributed by atoms with E-state index >= 15 is 0 Å². The molecule has 8 nitrogen and oxygen atoms in total. The summed E-state index contributed by atoms with van der Waals surface area (Å²) in [7, 11) is 3.39. The third-order valence-electron chi connectivity index (χ3n) is 5.66. The minimum absolute atomic E-state index is 0.161. The number of rotatable bonds is 6. The average molecular weight is 448 g/mol. The van der Waals surface area contributed by atoms with E-state index in [1.165, 1.54) is 0 Å². The summed E-state index contributed by atoms with van der Waals surface area (Å²) in [5, 5.41) is 17.7. The van der Waals surface area contributed by atoms with Crippen LogP contribution >= 0.6 is 0 Å². The molecule has 0 radical (unpaired) electrons. The summed E-state index contributed by atoms with van der Waals surface area (Å²) in [5.41, 5.74) is 3.16. The van der Waals surface area contributed by atoms with Crippen molar-refractivity contribution in [3.8, 4) is 0 Å². The second kappa shape index (κ2) is 8.99. The van der Waals surface area contributed by atoms with Crippen molar-refractivity contribution < 1.29 is 9.47 Å². The van der Waals surface area contributed by atoms with Gasteiger partial charge in [-0.25, -0.2) is 0 Å². The van der Waals surface area contributed by atoms with E-state index in [9.17, 15) is 4.79 Å². The maximum absolute atomic E-state index is 13.9. The van der Waals surface area contributed by atoms with Crippen LogP contribution in [0.2, 0.25) is 0 Å². The lowest BCUT2D eigenvalue weighted by Crippen LogP contribution is -2.41. The smallest absolute Gasteiger partial charge is 0.264 e. The second-order valence-electron chi connectivity index (χ2n) is 7.98. The predicted molar refractivity (Wildman–Crippen MR) is 133 cm³/mol. The first kappa shape index (κ1) is 22.4. The van der Waals surface area contributed by atoms with Crippen molar-refractivity contribution in [1.82, 2.24) is 15.2 Å². The summed E-state index contributed by atoms with van der Waals surface area (Å²) in [6.07, 6.45) is 14.7. The number of anilines is 1. The van der Waals surface area contributed by atoms with Gasteiger partial charge in [0.15, 0.2) is 11.6 Å². The van der Waals surface area contributed by atoms with Gasteiger partial charge in [0.2, 0.25) is 0 Å². The number of nitrogens with one attached hydrogen (secondary N) is 4. The van der Waals surface area contributed by atoms with Crippen LogP contribution in [0.15, 0.2) is 65.0 Å². The zero-order chi connectivity index (χ0) is 23.6. The zero-order valence-electron chi connectivity index (χ0n) is 19.3. The molecule has 8 heteroatoms. The van der Waals surface area contributed by atoms with Crippen molar-refractivity contribution in [3.05, 3.63) is 81.7 Å². The highest BCUT2D eigenvalue weighted by atomic mass is 16.5. The van der Waals surface area contributed by atoms with Gasteiger partial charge < -0.3 is 30.8 Å². The largest absolute Gasteiger partial charge is 0.483 e. The molecule has 0 saturated heterocycles. The maximum Gasteiger partial charge on any atom is 0.264 e. The Morgan fingerprint density at radius 2 is 2.12 bits per heavy atom. The molecule has 0 aromatic carbocycles. The second-order valence-corrected chi connectivity index (χ2v) is 7.98. The number of ether oxygens (including phenoxy) is 2. The monoisotopic (exact) mass is 447 g/mol. The van der Waals surface area contributed by atoms with Gasteiger partial charge in [0.05, 0.1) is 19.4 Å². The van der Waals surface area contributed by atoms with Gasteiger partial charge in [0, 0.05) is 42.3 Å². The van der Waals surface area contributed by atoms with Crippen molar-refractivity contribution in [2.45, 2.75) is 19.6 Å². The molecule has 172 valence electrons. The molecule has 1 aromatic heterocycles. The van der Waals surface area contributed by atoms with Crippen LogP contribution in [-0.2, 0) is 9.47 Å². The molecule has 1 aromatic rings. The number of methoxy groups -OCH3 is 1. The van der Waals surface area contributed by atoms with E-state index in [0.29, 0.717) is 41.7 Å². The van der Waals surface area contributed by atoms with Gasteiger partial charge >= 0.3 is 0 Å². The number of pyridine rings is 1. The number of hydrogen-bond acceptors (Lipinski definition) is 7. The molecule has 2 aliphatic heterocycles. The van der Waals surface area contributed by atoms with E-state index in [2.05, 4.69) is 16.0 Å².